The number of nitrogens with zero attached hydrogens (tertiary/aromatic N) is 3. The van der Waals surface area contributed by atoms with Gasteiger partial charge in [0.25, 0.3) is 0 Å². The number of halogens is 2. The molecule has 1 aliphatic carbocycles. The summed E-state index contributed by atoms with van der Waals surface area (Å²) in [6.45, 7) is 7.72. The van der Waals surface area contributed by atoms with Gasteiger partial charge in [-0.3, -0.25) is 0 Å². The number of fused-ring (bicyclic) bond motifs is 1. The highest BCUT2D eigenvalue weighted by Gasteiger charge is 2.35. The second-order valence-corrected chi connectivity index (χ2v) is 9.81. The number of imidazole rings is 1. The molecule has 0 radical (unpaired) electrons. The van der Waals surface area contributed by atoms with Crippen LogP contribution in [-0.2, 0) is 22.4 Å². The number of carbonyl (C=O) groups excluding carboxylic acids is 1. The van der Waals surface area contributed by atoms with E-state index in [1.807, 2.05) is 12.3 Å². The number of primary amides is 1. The van der Waals surface area contributed by atoms with E-state index in [1.165, 1.54) is 19.3 Å². The van der Waals surface area contributed by atoms with E-state index in [2.05, 4.69) is 14.8 Å². The summed E-state index contributed by atoms with van der Waals surface area (Å²) < 4.78 is 37.6. The number of alkyl halides is 2. The van der Waals surface area contributed by atoms with Crippen molar-refractivity contribution in [3.63, 3.8) is 0 Å². The van der Waals surface area contributed by atoms with E-state index in [-0.39, 0.29) is 12.8 Å². The third-order valence-corrected chi connectivity index (χ3v) is 5.48. The van der Waals surface area contributed by atoms with Crippen LogP contribution in [0.2, 0.25) is 0 Å². The van der Waals surface area contributed by atoms with E-state index in [0.717, 1.165) is 36.5 Å². The molecule has 1 saturated heterocycles. The van der Waals surface area contributed by atoms with Gasteiger partial charge in [0.2, 0.25) is 5.92 Å². The van der Waals surface area contributed by atoms with Crippen molar-refractivity contribution in [1.82, 2.24) is 14.6 Å². The summed E-state index contributed by atoms with van der Waals surface area (Å²) in [6.07, 6.45) is 8.70. The summed E-state index contributed by atoms with van der Waals surface area (Å²) in [7, 11) is 0. The fraction of sp³-hybridized carbons (Fsp3) is 0.708. The lowest BCUT2D eigenvalue weighted by Crippen LogP contribution is -2.27. The van der Waals surface area contributed by atoms with Gasteiger partial charge < -0.3 is 20.9 Å². The van der Waals surface area contributed by atoms with Gasteiger partial charge in [0, 0.05) is 32.6 Å². The topological polar surface area (TPSA) is 118 Å². The molecule has 0 spiro atoms. The van der Waals surface area contributed by atoms with Gasteiger partial charge in [0.05, 0.1) is 18.1 Å². The van der Waals surface area contributed by atoms with E-state index in [9.17, 15) is 13.6 Å². The van der Waals surface area contributed by atoms with Gasteiger partial charge in [-0.15, -0.1) is 0 Å². The molecule has 0 atom stereocenters. The second kappa shape index (κ2) is 12.9. The molecule has 2 aliphatic rings. The van der Waals surface area contributed by atoms with Crippen molar-refractivity contribution >= 4 is 11.7 Å². The molecule has 1 amide bonds. The summed E-state index contributed by atoms with van der Waals surface area (Å²) >= 11 is 0. The zero-order valence-electron chi connectivity index (χ0n) is 20.6. The van der Waals surface area contributed by atoms with Gasteiger partial charge in [-0.25, -0.2) is 23.1 Å². The highest BCUT2D eigenvalue weighted by atomic mass is 19.3. The zero-order chi connectivity index (χ0) is 25.2. The Kier molecular flexibility index (Phi) is 10.6. The van der Waals surface area contributed by atoms with E-state index in [0.29, 0.717) is 25.3 Å². The third kappa shape index (κ3) is 10.7. The molecule has 8 nitrogen and oxygen atoms in total. The van der Waals surface area contributed by atoms with E-state index < -0.39 is 17.6 Å². The normalized spacial score (nSPS) is 18.3. The Morgan fingerprint density at radius 3 is 2.32 bits per heavy atom. The highest BCUT2D eigenvalue weighted by Crippen LogP contribution is 2.37. The number of ether oxygens (including phenoxy) is 2. The van der Waals surface area contributed by atoms with Crippen molar-refractivity contribution in [2.45, 2.75) is 90.2 Å². The Balaban J connectivity index is 0.000000240. The first-order valence-corrected chi connectivity index (χ1v) is 11.9. The van der Waals surface area contributed by atoms with E-state index in [1.54, 1.807) is 31.5 Å². The van der Waals surface area contributed by atoms with Gasteiger partial charge in [0.15, 0.2) is 5.65 Å². The molecule has 0 unspecified atom stereocenters. The number of hydrogen-bond acceptors (Lipinski definition) is 6. The van der Waals surface area contributed by atoms with Crippen molar-refractivity contribution in [2.24, 2.45) is 17.4 Å². The lowest BCUT2D eigenvalue weighted by Gasteiger charge is -2.27. The first kappa shape index (κ1) is 27.9. The molecule has 2 fully saturated rings. The SMILES string of the molecule is C1CCOCC1.CC(C)(C)OC(N)=O.NCc1cnn2cc(CC3CCC(F)(F)CC3)nc2c1. The minimum Gasteiger partial charge on any atom is -0.444 e. The lowest BCUT2D eigenvalue weighted by molar-refractivity contribution is -0.0457. The van der Waals surface area contributed by atoms with Crippen molar-refractivity contribution < 1.29 is 23.0 Å². The van der Waals surface area contributed by atoms with Crippen LogP contribution >= 0.6 is 0 Å². The zero-order valence-corrected chi connectivity index (χ0v) is 20.6. The van der Waals surface area contributed by atoms with Crippen LogP contribution < -0.4 is 11.5 Å². The largest absolute Gasteiger partial charge is 0.444 e. The van der Waals surface area contributed by atoms with Crippen molar-refractivity contribution in [2.75, 3.05) is 13.2 Å². The Bertz CT molecular complexity index is 873. The van der Waals surface area contributed by atoms with Gasteiger partial charge in [0.1, 0.15) is 5.60 Å². The number of rotatable bonds is 3. The number of aromatic nitrogens is 3. The molecular weight excluding hydrogens is 444 g/mol. The molecule has 192 valence electrons. The number of carbonyl (C=O) groups is 1. The van der Waals surface area contributed by atoms with Crippen LogP contribution in [0.15, 0.2) is 18.5 Å². The van der Waals surface area contributed by atoms with Crippen LogP contribution in [0.25, 0.3) is 5.65 Å². The highest BCUT2D eigenvalue weighted by molar-refractivity contribution is 5.65. The maximum absolute atomic E-state index is 13.1. The molecular formula is C24H39F2N5O3. The minimum atomic E-state index is -2.47. The smallest absolute Gasteiger partial charge is 0.405 e. The Labute approximate surface area is 200 Å². The number of nitrogens with two attached hydrogens (primary N) is 2. The van der Waals surface area contributed by atoms with E-state index in [4.69, 9.17) is 16.2 Å². The molecule has 2 aromatic heterocycles. The summed E-state index contributed by atoms with van der Waals surface area (Å²) in [6, 6.07) is 1.91. The predicted octanol–water partition coefficient (Wildman–Crippen LogP) is 4.62. The molecule has 2 aromatic rings. The van der Waals surface area contributed by atoms with Gasteiger partial charge in [-0.1, -0.05) is 0 Å². The number of hydrogen-bond donors (Lipinski definition) is 2. The average Bonchev–Trinajstić information content (AvgIpc) is 3.17. The minimum absolute atomic E-state index is 0.000605. The van der Waals surface area contributed by atoms with Crippen LogP contribution in [0.3, 0.4) is 0 Å². The Morgan fingerprint density at radius 2 is 1.88 bits per heavy atom. The molecule has 3 heterocycles. The summed E-state index contributed by atoms with van der Waals surface area (Å²) in [5.74, 6) is -2.17. The molecule has 4 rings (SSSR count). The van der Waals surface area contributed by atoms with Crippen molar-refractivity contribution in [3.05, 3.63) is 29.7 Å². The van der Waals surface area contributed by atoms with Gasteiger partial charge >= 0.3 is 6.09 Å². The second-order valence-electron chi connectivity index (χ2n) is 9.81. The van der Waals surface area contributed by atoms with Crippen LogP contribution in [-0.4, -0.2) is 45.4 Å². The molecule has 10 heteroatoms. The van der Waals surface area contributed by atoms with Gasteiger partial charge in [-0.2, -0.15) is 5.10 Å². The molecule has 1 aliphatic heterocycles. The van der Waals surface area contributed by atoms with Crippen LogP contribution in [0.4, 0.5) is 13.6 Å². The molecule has 4 N–H and O–H groups in total. The monoisotopic (exact) mass is 483 g/mol. The average molecular weight is 484 g/mol. The first-order chi connectivity index (χ1) is 16.0. The fourth-order valence-corrected chi connectivity index (χ4v) is 3.76. The number of amides is 1. The fourth-order valence-electron chi connectivity index (χ4n) is 3.76. The molecule has 0 aromatic carbocycles. The molecule has 0 bridgehead atoms. The maximum Gasteiger partial charge on any atom is 0.405 e. The Hall–Kier alpha value is -2.33. The quantitative estimate of drug-likeness (QED) is 0.658. The summed E-state index contributed by atoms with van der Waals surface area (Å²) in [4.78, 5) is 14.5. The van der Waals surface area contributed by atoms with Gasteiger partial charge in [-0.05, 0) is 76.8 Å². The predicted molar refractivity (Wildman–Crippen MR) is 127 cm³/mol. The standard InChI is InChI=1S/C14H18F2N4.C5H11NO2.C5H10O/c15-14(16)3-1-10(2-4-14)5-12-9-20-13(19-12)6-11(7-17)8-18-20;1-5(2,3)8-4(6)7;1-2-4-6-5-3-1/h6,8-10H,1-5,7,17H2;1-3H3,(H2,6,7);1-5H2. The lowest BCUT2D eigenvalue weighted by atomic mass is 9.84. The van der Waals surface area contributed by atoms with Crippen molar-refractivity contribution in [3.8, 4) is 0 Å². The maximum atomic E-state index is 13.1. The summed E-state index contributed by atoms with van der Waals surface area (Å²) in [5.41, 5.74) is 12.5. The van der Waals surface area contributed by atoms with Crippen LogP contribution in [0.5, 0.6) is 0 Å². The first-order valence-electron chi connectivity index (χ1n) is 11.9. The molecule has 34 heavy (non-hydrogen) atoms. The van der Waals surface area contributed by atoms with Crippen molar-refractivity contribution in [1.29, 1.82) is 0 Å². The van der Waals surface area contributed by atoms with Crippen LogP contribution in [0.1, 0.15) is 77.0 Å². The van der Waals surface area contributed by atoms with Crippen LogP contribution in [0, 0.1) is 5.92 Å². The summed E-state index contributed by atoms with van der Waals surface area (Å²) in [5, 5.41) is 4.24. The Morgan fingerprint density at radius 1 is 1.24 bits per heavy atom. The molecule has 1 saturated carbocycles. The third-order valence-electron chi connectivity index (χ3n) is 5.48. The van der Waals surface area contributed by atoms with E-state index >= 15 is 0 Å².